The highest BCUT2D eigenvalue weighted by Crippen LogP contribution is 2.30. The largest absolute Gasteiger partial charge is 0.477 e. The number of hydrogen-bond acceptors (Lipinski definition) is 8. The molecule has 5 heterocycles. The number of rotatable bonds is 4. The fourth-order valence-electron chi connectivity index (χ4n) is 3.30. The zero-order valence-electron chi connectivity index (χ0n) is 14.6. The molecule has 10 nitrogen and oxygen atoms in total. The number of anilines is 1. The monoisotopic (exact) mass is 413 g/mol. The van der Waals surface area contributed by atoms with Crippen LogP contribution >= 0.6 is 11.5 Å². The third-order valence-electron chi connectivity index (χ3n) is 4.76. The molecule has 1 saturated heterocycles. The van der Waals surface area contributed by atoms with Crippen LogP contribution in [0.2, 0.25) is 0 Å². The molecule has 1 aliphatic heterocycles. The minimum absolute atomic E-state index is 0.0849. The Bertz CT molecular complexity index is 1280. The van der Waals surface area contributed by atoms with Crippen molar-refractivity contribution in [2.75, 3.05) is 18.0 Å². The molecule has 5 rings (SSSR count). The Hall–Kier alpha value is -3.67. The number of pyridine rings is 2. The molecule has 0 spiro atoms. The smallest absolute Gasteiger partial charge is 0.341 e. The average Bonchev–Trinajstić information content (AvgIpc) is 3.35. The third kappa shape index (κ3) is 2.76. The normalized spacial score (nSPS) is 14.3. The van der Waals surface area contributed by atoms with Gasteiger partial charge in [-0.25, -0.2) is 19.2 Å². The van der Waals surface area contributed by atoms with Gasteiger partial charge < -0.3 is 10.0 Å². The first-order chi connectivity index (χ1) is 14.0. The highest BCUT2D eigenvalue weighted by Gasteiger charge is 2.32. The van der Waals surface area contributed by atoms with Gasteiger partial charge in [0.2, 0.25) is 10.6 Å². The van der Waals surface area contributed by atoms with Crippen LogP contribution in [0.3, 0.4) is 0 Å². The van der Waals surface area contributed by atoms with Gasteiger partial charge in [-0.05, 0) is 12.1 Å². The summed E-state index contributed by atoms with van der Waals surface area (Å²) in [7, 11) is 0. The molecule has 29 heavy (non-hydrogen) atoms. The van der Waals surface area contributed by atoms with Gasteiger partial charge in [0.25, 0.3) is 0 Å². The van der Waals surface area contributed by atoms with Crippen LogP contribution in [-0.2, 0) is 0 Å². The van der Waals surface area contributed by atoms with Crippen molar-refractivity contribution in [3.05, 3.63) is 58.7 Å². The zero-order chi connectivity index (χ0) is 20.1. The molecular formula is C17H12FN7O3S. The van der Waals surface area contributed by atoms with E-state index in [1.807, 2.05) is 12.3 Å². The van der Waals surface area contributed by atoms with E-state index in [4.69, 9.17) is 0 Å². The first-order valence-corrected chi connectivity index (χ1v) is 9.30. The number of hydrogen-bond donors (Lipinski definition) is 1. The minimum atomic E-state index is -1.41. The van der Waals surface area contributed by atoms with Crippen molar-refractivity contribution in [2.45, 2.75) is 6.04 Å². The predicted octanol–water partition coefficient (Wildman–Crippen LogP) is 1.33. The number of aromatic nitrogens is 6. The number of aromatic carboxylic acids is 1. The third-order valence-corrected chi connectivity index (χ3v) is 5.43. The van der Waals surface area contributed by atoms with Gasteiger partial charge in [-0.3, -0.25) is 14.0 Å². The van der Waals surface area contributed by atoms with E-state index in [9.17, 15) is 19.1 Å². The first kappa shape index (κ1) is 17.4. The van der Waals surface area contributed by atoms with E-state index in [0.717, 1.165) is 23.8 Å². The summed E-state index contributed by atoms with van der Waals surface area (Å²) < 4.78 is 21.9. The van der Waals surface area contributed by atoms with Gasteiger partial charge in [0.05, 0.1) is 11.4 Å². The van der Waals surface area contributed by atoms with Crippen LogP contribution in [0.1, 0.15) is 16.4 Å². The topological polar surface area (TPSA) is 119 Å². The van der Waals surface area contributed by atoms with Crippen molar-refractivity contribution in [3.8, 4) is 5.13 Å². The van der Waals surface area contributed by atoms with Crippen LogP contribution in [0.5, 0.6) is 0 Å². The lowest BCUT2D eigenvalue weighted by Gasteiger charge is -2.40. The summed E-state index contributed by atoms with van der Waals surface area (Å²) in [5.41, 5.74) is -1.18. The van der Waals surface area contributed by atoms with Crippen LogP contribution < -0.4 is 10.3 Å². The molecule has 0 radical (unpaired) electrons. The Balaban J connectivity index is 1.64. The number of carboxylic acid groups (broad SMARTS) is 1. The summed E-state index contributed by atoms with van der Waals surface area (Å²) in [5, 5.41) is 13.7. The molecule has 4 aromatic rings. The molecule has 0 atom stereocenters. The standard InChI is InChI=1S/C17H12FN7O3S/c18-12-4-10-13(26)11(16(27)28)7-24(17-19-8-21-29-17)14(10)22-15(12)23-5-9(6-23)25-3-1-2-20-25/h1-4,7-9H,5-6H2,(H,27,28). The van der Waals surface area contributed by atoms with Crippen LogP contribution in [0.15, 0.2) is 41.8 Å². The molecule has 0 aliphatic carbocycles. The summed E-state index contributed by atoms with van der Waals surface area (Å²) in [6.07, 6.45) is 5.97. The van der Waals surface area contributed by atoms with Gasteiger partial charge in [0.1, 0.15) is 11.9 Å². The molecule has 1 aliphatic rings. The second-order valence-corrected chi connectivity index (χ2v) is 7.24. The molecule has 0 aromatic carbocycles. The molecule has 146 valence electrons. The minimum Gasteiger partial charge on any atom is -0.477 e. The zero-order valence-corrected chi connectivity index (χ0v) is 15.5. The van der Waals surface area contributed by atoms with Crippen LogP contribution in [-0.4, -0.2) is 52.9 Å². The van der Waals surface area contributed by atoms with E-state index in [1.54, 1.807) is 15.8 Å². The maximum atomic E-state index is 14.8. The van der Waals surface area contributed by atoms with Crippen molar-refractivity contribution in [3.63, 3.8) is 0 Å². The molecule has 0 bridgehead atoms. The Kier molecular flexibility index (Phi) is 3.87. The van der Waals surface area contributed by atoms with Crippen molar-refractivity contribution >= 4 is 34.4 Å². The van der Waals surface area contributed by atoms with Crippen LogP contribution in [0, 0.1) is 5.82 Å². The molecule has 4 aromatic heterocycles. The van der Waals surface area contributed by atoms with E-state index in [0.29, 0.717) is 18.2 Å². The number of fused-ring (bicyclic) bond motifs is 1. The van der Waals surface area contributed by atoms with Crippen molar-refractivity contribution in [2.24, 2.45) is 0 Å². The molecule has 0 amide bonds. The van der Waals surface area contributed by atoms with E-state index in [1.165, 1.54) is 10.9 Å². The summed E-state index contributed by atoms with van der Waals surface area (Å²) in [6.45, 7) is 1.01. The summed E-state index contributed by atoms with van der Waals surface area (Å²) in [4.78, 5) is 34.2. The number of nitrogens with zero attached hydrogens (tertiary/aromatic N) is 7. The number of halogens is 1. The maximum absolute atomic E-state index is 14.8. The SMILES string of the molecule is O=C(O)c1cn(-c2ncns2)c2nc(N3CC(n4cccn4)C3)c(F)cc2c1=O. The summed E-state index contributed by atoms with van der Waals surface area (Å²) in [5.74, 6) is -2.02. The summed E-state index contributed by atoms with van der Waals surface area (Å²) in [6, 6.07) is 2.95. The van der Waals surface area contributed by atoms with Gasteiger partial charge in [-0.15, -0.1) is 0 Å². The number of carboxylic acids is 1. The van der Waals surface area contributed by atoms with E-state index >= 15 is 0 Å². The lowest BCUT2D eigenvalue weighted by atomic mass is 10.1. The second kappa shape index (κ2) is 6.44. The van der Waals surface area contributed by atoms with Gasteiger partial charge in [0, 0.05) is 43.2 Å². The molecule has 12 heteroatoms. The van der Waals surface area contributed by atoms with Crippen molar-refractivity contribution in [1.29, 1.82) is 0 Å². The summed E-state index contributed by atoms with van der Waals surface area (Å²) >= 11 is 1.00. The highest BCUT2D eigenvalue weighted by molar-refractivity contribution is 7.08. The molecule has 0 saturated carbocycles. The lowest BCUT2D eigenvalue weighted by Crippen LogP contribution is -2.48. The van der Waals surface area contributed by atoms with Gasteiger partial charge in [0.15, 0.2) is 17.3 Å². The molecule has 0 unspecified atom stereocenters. The second-order valence-electron chi connectivity index (χ2n) is 6.48. The van der Waals surface area contributed by atoms with E-state index in [2.05, 4.69) is 19.4 Å². The van der Waals surface area contributed by atoms with Gasteiger partial charge >= 0.3 is 5.97 Å². The fourth-order valence-corrected chi connectivity index (χ4v) is 3.81. The molecular weight excluding hydrogens is 401 g/mol. The average molecular weight is 413 g/mol. The van der Waals surface area contributed by atoms with Gasteiger partial charge in [-0.2, -0.15) is 9.47 Å². The van der Waals surface area contributed by atoms with Crippen molar-refractivity contribution < 1.29 is 14.3 Å². The van der Waals surface area contributed by atoms with Gasteiger partial charge in [-0.1, -0.05) is 0 Å². The predicted molar refractivity (Wildman–Crippen MR) is 101 cm³/mol. The Labute approximate surface area is 165 Å². The van der Waals surface area contributed by atoms with E-state index < -0.39 is 22.8 Å². The van der Waals surface area contributed by atoms with Crippen LogP contribution in [0.25, 0.3) is 16.2 Å². The Morgan fingerprint density at radius 3 is 2.83 bits per heavy atom. The number of carbonyl (C=O) groups is 1. The first-order valence-electron chi connectivity index (χ1n) is 8.53. The molecule has 1 N–H and O–H groups in total. The highest BCUT2D eigenvalue weighted by atomic mass is 32.1. The van der Waals surface area contributed by atoms with E-state index in [-0.39, 0.29) is 22.9 Å². The Morgan fingerprint density at radius 2 is 2.17 bits per heavy atom. The lowest BCUT2D eigenvalue weighted by molar-refractivity contribution is 0.0695. The quantitative estimate of drug-likeness (QED) is 0.532. The Morgan fingerprint density at radius 1 is 1.34 bits per heavy atom. The maximum Gasteiger partial charge on any atom is 0.341 e. The molecule has 1 fully saturated rings. The van der Waals surface area contributed by atoms with Crippen LogP contribution in [0.4, 0.5) is 10.2 Å². The van der Waals surface area contributed by atoms with Crippen molar-refractivity contribution in [1.82, 2.24) is 28.7 Å². The fraction of sp³-hybridized carbons (Fsp3) is 0.176.